The van der Waals surface area contributed by atoms with Gasteiger partial charge >= 0.3 is 0 Å². The van der Waals surface area contributed by atoms with Crippen LogP contribution in [0.5, 0.6) is 0 Å². The van der Waals surface area contributed by atoms with Crippen molar-refractivity contribution < 1.29 is 14.9 Å². The minimum atomic E-state index is -0.000297. The molecule has 0 radical (unpaired) electrons. The van der Waals surface area contributed by atoms with Crippen LogP contribution < -0.4 is 4.90 Å². The van der Waals surface area contributed by atoms with E-state index in [1.54, 1.807) is 24.3 Å². The molecule has 0 aliphatic heterocycles. The van der Waals surface area contributed by atoms with Crippen molar-refractivity contribution in [3.8, 4) is 0 Å². The summed E-state index contributed by atoms with van der Waals surface area (Å²) in [5.74, 6) is 0. The van der Waals surface area contributed by atoms with Gasteiger partial charge in [0.25, 0.3) is 0 Å². The van der Waals surface area contributed by atoms with Gasteiger partial charge in [0.05, 0.1) is 26.4 Å². The SMILES string of the molecule is Cl.O=Nc1ccc(N(CCO)CCOCCO)cc1. The van der Waals surface area contributed by atoms with E-state index in [2.05, 4.69) is 5.18 Å². The molecule has 0 unspecified atom stereocenters. The normalized spacial score (nSPS) is 9.79. The monoisotopic (exact) mass is 290 g/mol. The Hall–Kier alpha value is -1.21. The molecule has 0 aromatic heterocycles. The number of aliphatic hydroxyl groups is 2. The van der Waals surface area contributed by atoms with Crippen LogP contribution in [0.1, 0.15) is 0 Å². The standard InChI is InChI=1S/C12H18N2O4.ClH/c15-7-5-14(6-9-18-10-8-16)12-3-1-11(13-17)2-4-12;/h1-4,15-16H,5-10H2;1H. The molecule has 1 rings (SSSR count). The minimum Gasteiger partial charge on any atom is -0.395 e. The lowest BCUT2D eigenvalue weighted by atomic mass is 10.2. The zero-order valence-corrected chi connectivity index (χ0v) is 11.4. The van der Waals surface area contributed by atoms with Crippen LogP contribution in [0, 0.1) is 4.91 Å². The molecule has 0 saturated heterocycles. The molecule has 0 heterocycles. The van der Waals surface area contributed by atoms with E-state index >= 15 is 0 Å². The highest BCUT2D eigenvalue weighted by atomic mass is 35.5. The van der Waals surface area contributed by atoms with Crippen molar-refractivity contribution in [3.63, 3.8) is 0 Å². The van der Waals surface area contributed by atoms with Crippen molar-refractivity contribution in [1.82, 2.24) is 0 Å². The van der Waals surface area contributed by atoms with Crippen LogP contribution in [-0.4, -0.2) is 49.7 Å². The van der Waals surface area contributed by atoms with E-state index in [0.29, 0.717) is 32.0 Å². The van der Waals surface area contributed by atoms with Gasteiger partial charge in [-0.3, -0.25) is 0 Å². The van der Waals surface area contributed by atoms with Crippen LogP contribution in [-0.2, 0) is 4.74 Å². The Morgan fingerprint density at radius 1 is 1.05 bits per heavy atom. The lowest BCUT2D eigenvalue weighted by Crippen LogP contribution is -2.30. The number of ether oxygens (including phenoxy) is 1. The number of hydrogen-bond acceptors (Lipinski definition) is 6. The van der Waals surface area contributed by atoms with Crippen molar-refractivity contribution in [2.75, 3.05) is 44.4 Å². The van der Waals surface area contributed by atoms with Crippen LogP contribution in [0.3, 0.4) is 0 Å². The molecular weight excluding hydrogens is 272 g/mol. The number of benzene rings is 1. The molecule has 1 aromatic carbocycles. The summed E-state index contributed by atoms with van der Waals surface area (Å²) < 4.78 is 5.18. The number of nitrogens with zero attached hydrogens (tertiary/aromatic N) is 2. The van der Waals surface area contributed by atoms with Crippen molar-refractivity contribution in [1.29, 1.82) is 0 Å². The molecule has 1 aromatic rings. The summed E-state index contributed by atoms with van der Waals surface area (Å²) in [6.07, 6.45) is 0. The van der Waals surface area contributed by atoms with Crippen LogP contribution in [0.2, 0.25) is 0 Å². The van der Waals surface area contributed by atoms with Crippen molar-refractivity contribution in [2.45, 2.75) is 0 Å². The van der Waals surface area contributed by atoms with Gasteiger partial charge in [0.15, 0.2) is 0 Å². The zero-order valence-electron chi connectivity index (χ0n) is 10.6. The van der Waals surface area contributed by atoms with Gasteiger partial charge in [-0.25, -0.2) is 0 Å². The average Bonchev–Trinajstić information content (AvgIpc) is 2.42. The largest absolute Gasteiger partial charge is 0.395 e. The number of anilines is 1. The molecule has 7 heteroatoms. The third kappa shape index (κ3) is 6.49. The summed E-state index contributed by atoms with van der Waals surface area (Å²) in [6.45, 7) is 1.90. The maximum Gasteiger partial charge on any atom is 0.108 e. The van der Waals surface area contributed by atoms with Gasteiger partial charge in [-0.15, -0.1) is 17.3 Å². The molecule has 0 bridgehead atoms. The summed E-state index contributed by atoms with van der Waals surface area (Å²) in [5, 5.41) is 20.4. The van der Waals surface area contributed by atoms with Gasteiger partial charge in [0.1, 0.15) is 5.69 Å². The molecule has 0 spiro atoms. The van der Waals surface area contributed by atoms with Gasteiger partial charge in [0, 0.05) is 18.8 Å². The topological polar surface area (TPSA) is 82.4 Å². The molecule has 19 heavy (non-hydrogen) atoms. The average molecular weight is 291 g/mol. The first-order valence-corrected chi connectivity index (χ1v) is 5.79. The molecule has 0 fully saturated rings. The van der Waals surface area contributed by atoms with Crippen LogP contribution >= 0.6 is 12.4 Å². The summed E-state index contributed by atoms with van der Waals surface area (Å²) >= 11 is 0. The number of aliphatic hydroxyl groups excluding tert-OH is 2. The van der Waals surface area contributed by atoms with Crippen LogP contribution in [0.15, 0.2) is 29.4 Å². The van der Waals surface area contributed by atoms with Crippen molar-refractivity contribution in [3.05, 3.63) is 29.2 Å². The fourth-order valence-electron chi connectivity index (χ4n) is 1.56. The van der Waals surface area contributed by atoms with Gasteiger partial charge in [-0.05, 0) is 29.4 Å². The molecule has 0 amide bonds. The smallest absolute Gasteiger partial charge is 0.108 e. The summed E-state index contributed by atoms with van der Waals surface area (Å²) in [4.78, 5) is 12.2. The quantitative estimate of drug-likeness (QED) is 0.529. The summed E-state index contributed by atoms with van der Waals surface area (Å²) in [6, 6.07) is 6.81. The predicted molar refractivity (Wildman–Crippen MR) is 76.3 cm³/mol. The fraction of sp³-hybridized carbons (Fsp3) is 0.500. The van der Waals surface area contributed by atoms with Gasteiger partial charge in [-0.2, -0.15) is 0 Å². The Morgan fingerprint density at radius 2 is 1.74 bits per heavy atom. The molecule has 2 N–H and O–H groups in total. The summed E-state index contributed by atoms with van der Waals surface area (Å²) in [7, 11) is 0. The van der Waals surface area contributed by atoms with E-state index in [9.17, 15) is 4.91 Å². The van der Waals surface area contributed by atoms with E-state index in [4.69, 9.17) is 14.9 Å². The van der Waals surface area contributed by atoms with Crippen molar-refractivity contribution >= 4 is 23.8 Å². The maximum atomic E-state index is 10.3. The first-order valence-electron chi connectivity index (χ1n) is 5.79. The fourth-order valence-corrected chi connectivity index (χ4v) is 1.56. The number of halogens is 1. The summed E-state index contributed by atoms with van der Waals surface area (Å²) in [5.41, 5.74) is 1.27. The molecule has 0 aliphatic carbocycles. The molecular formula is C12H19ClN2O4. The lowest BCUT2D eigenvalue weighted by molar-refractivity contribution is 0.0962. The molecule has 6 nitrogen and oxygen atoms in total. The minimum absolute atomic E-state index is 0. The Bertz CT molecular complexity index is 348. The second-order valence-electron chi connectivity index (χ2n) is 3.65. The van der Waals surface area contributed by atoms with Crippen LogP contribution in [0.4, 0.5) is 11.4 Å². The van der Waals surface area contributed by atoms with E-state index in [1.807, 2.05) is 4.90 Å². The van der Waals surface area contributed by atoms with Crippen LogP contribution in [0.25, 0.3) is 0 Å². The highest BCUT2D eigenvalue weighted by Gasteiger charge is 2.05. The first-order chi connectivity index (χ1) is 8.81. The Balaban J connectivity index is 0.00000324. The van der Waals surface area contributed by atoms with E-state index in [0.717, 1.165) is 5.69 Å². The maximum absolute atomic E-state index is 10.3. The molecule has 0 saturated carbocycles. The van der Waals surface area contributed by atoms with Gasteiger partial charge < -0.3 is 19.8 Å². The van der Waals surface area contributed by atoms with E-state index in [-0.39, 0.29) is 25.6 Å². The zero-order chi connectivity index (χ0) is 13.2. The first kappa shape index (κ1) is 17.8. The Morgan fingerprint density at radius 3 is 2.26 bits per heavy atom. The molecule has 0 aliphatic rings. The van der Waals surface area contributed by atoms with Gasteiger partial charge in [0.2, 0.25) is 0 Å². The second kappa shape index (κ2) is 10.7. The third-order valence-electron chi connectivity index (χ3n) is 2.43. The number of rotatable bonds is 9. The third-order valence-corrected chi connectivity index (χ3v) is 2.43. The van der Waals surface area contributed by atoms with E-state index < -0.39 is 0 Å². The lowest BCUT2D eigenvalue weighted by Gasteiger charge is -2.23. The van der Waals surface area contributed by atoms with Crippen molar-refractivity contribution in [2.24, 2.45) is 5.18 Å². The molecule has 0 atom stereocenters. The highest BCUT2D eigenvalue weighted by Crippen LogP contribution is 2.19. The van der Waals surface area contributed by atoms with Gasteiger partial charge in [-0.1, -0.05) is 0 Å². The second-order valence-corrected chi connectivity index (χ2v) is 3.65. The number of nitroso groups, excluding NO2 is 1. The Kier molecular flexibility index (Phi) is 10.0. The Labute approximate surface area is 118 Å². The van der Waals surface area contributed by atoms with E-state index in [1.165, 1.54) is 0 Å². The predicted octanol–water partition coefficient (Wildman–Crippen LogP) is 1.31. The number of hydrogen-bond donors (Lipinski definition) is 2. The highest BCUT2D eigenvalue weighted by molar-refractivity contribution is 5.85. The molecule has 108 valence electrons.